The molecule has 2 heteroatoms. The average Bonchev–Trinajstić information content (AvgIpc) is 2.46. The first-order valence-electron chi connectivity index (χ1n) is 9.40. The molecule has 1 saturated carbocycles. The third-order valence-corrected chi connectivity index (χ3v) is 6.05. The number of rotatable bonds is 4. The Kier molecular flexibility index (Phi) is 6.14. The number of hydrogen-bond donors (Lipinski definition) is 1. The van der Waals surface area contributed by atoms with Gasteiger partial charge in [-0.1, -0.05) is 40.5 Å². The Bertz CT molecular complexity index is 307. The van der Waals surface area contributed by atoms with Crippen molar-refractivity contribution in [2.24, 2.45) is 17.3 Å². The topological polar surface area (TPSA) is 15.3 Å². The third-order valence-electron chi connectivity index (χ3n) is 6.05. The van der Waals surface area contributed by atoms with Crippen molar-refractivity contribution in [2.75, 3.05) is 19.6 Å². The van der Waals surface area contributed by atoms with E-state index in [-0.39, 0.29) is 0 Å². The molecular weight excluding hydrogens is 256 g/mol. The van der Waals surface area contributed by atoms with Crippen molar-refractivity contribution in [1.29, 1.82) is 0 Å². The third kappa shape index (κ3) is 4.69. The highest BCUT2D eigenvalue weighted by Crippen LogP contribution is 2.38. The van der Waals surface area contributed by atoms with E-state index in [1.54, 1.807) is 0 Å². The van der Waals surface area contributed by atoms with E-state index in [1.807, 2.05) is 0 Å². The Balaban J connectivity index is 1.92. The molecule has 0 amide bonds. The molecule has 21 heavy (non-hydrogen) atoms. The van der Waals surface area contributed by atoms with Crippen LogP contribution in [0.25, 0.3) is 0 Å². The summed E-state index contributed by atoms with van der Waals surface area (Å²) in [5.74, 6) is 1.70. The van der Waals surface area contributed by atoms with E-state index >= 15 is 0 Å². The number of nitrogens with zero attached hydrogens (tertiary/aromatic N) is 1. The Labute approximate surface area is 133 Å². The predicted octanol–water partition coefficient (Wildman–Crippen LogP) is 4.30. The van der Waals surface area contributed by atoms with Crippen molar-refractivity contribution < 1.29 is 0 Å². The van der Waals surface area contributed by atoms with Crippen LogP contribution in [0.2, 0.25) is 0 Å². The van der Waals surface area contributed by atoms with Gasteiger partial charge in [-0.05, 0) is 62.9 Å². The highest BCUT2D eigenvalue weighted by atomic mass is 15.1. The molecule has 124 valence electrons. The summed E-state index contributed by atoms with van der Waals surface area (Å²) in [5, 5.41) is 4.06. The molecule has 1 aliphatic heterocycles. The first-order valence-corrected chi connectivity index (χ1v) is 9.40. The smallest absolute Gasteiger partial charge is 0.0103 e. The van der Waals surface area contributed by atoms with Gasteiger partial charge in [-0.25, -0.2) is 0 Å². The van der Waals surface area contributed by atoms with Gasteiger partial charge in [0, 0.05) is 18.6 Å². The highest BCUT2D eigenvalue weighted by molar-refractivity contribution is 4.91. The minimum absolute atomic E-state index is 0.444. The molecule has 4 atom stereocenters. The minimum atomic E-state index is 0.444. The Morgan fingerprint density at radius 1 is 1.10 bits per heavy atom. The summed E-state index contributed by atoms with van der Waals surface area (Å²) in [6, 6.07) is 1.41. The molecule has 2 fully saturated rings. The lowest BCUT2D eigenvalue weighted by atomic mass is 9.69. The van der Waals surface area contributed by atoms with Crippen molar-refractivity contribution in [2.45, 2.75) is 85.2 Å². The molecule has 2 rings (SSSR count). The van der Waals surface area contributed by atoms with Crippen molar-refractivity contribution >= 4 is 0 Å². The molecule has 0 aromatic carbocycles. The molecule has 1 heterocycles. The van der Waals surface area contributed by atoms with E-state index in [9.17, 15) is 0 Å². The summed E-state index contributed by atoms with van der Waals surface area (Å²) < 4.78 is 0. The van der Waals surface area contributed by atoms with Crippen molar-refractivity contribution in [3.63, 3.8) is 0 Å². The van der Waals surface area contributed by atoms with Crippen LogP contribution in [-0.4, -0.2) is 36.6 Å². The van der Waals surface area contributed by atoms with Gasteiger partial charge in [0.05, 0.1) is 0 Å². The van der Waals surface area contributed by atoms with Gasteiger partial charge in [-0.3, -0.25) is 0 Å². The fraction of sp³-hybridized carbons (Fsp3) is 1.00. The lowest BCUT2D eigenvalue weighted by Gasteiger charge is -2.44. The summed E-state index contributed by atoms with van der Waals surface area (Å²) in [6.45, 7) is 15.9. The van der Waals surface area contributed by atoms with Crippen LogP contribution in [0.4, 0.5) is 0 Å². The van der Waals surface area contributed by atoms with E-state index in [1.165, 1.54) is 58.2 Å². The van der Waals surface area contributed by atoms with Gasteiger partial charge in [0.25, 0.3) is 0 Å². The Morgan fingerprint density at radius 2 is 1.81 bits per heavy atom. The van der Waals surface area contributed by atoms with Crippen LogP contribution in [0, 0.1) is 17.3 Å². The minimum Gasteiger partial charge on any atom is -0.311 e. The SMILES string of the molecule is CCN1CCCC(C(C)NC2CCCCC2C(C)(C)C)C1. The van der Waals surface area contributed by atoms with Gasteiger partial charge in [-0.15, -0.1) is 0 Å². The second-order valence-electron chi connectivity index (χ2n) is 8.61. The molecule has 0 bridgehead atoms. The quantitative estimate of drug-likeness (QED) is 0.831. The van der Waals surface area contributed by atoms with Gasteiger partial charge in [0.2, 0.25) is 0 Å². The van der Waals surface area contributed by atoms with Gasteiger partial charge in [0.15, 0.2) is 0 Å². The van der Waals surface area contributed by atoms with Crippen LogP contribution in [0.15, 0.2) is 0 Å². The summed E-state index contributed by atoms with van der Waals surface area (Å²) in [4.78, 5) is 2.63. The van der Waals surface area contributed by atoms with E-state index in [4.69, 9.17) is 0 Å². The fourth-order valence-electron chi connectivity index (χ4n) is 4.63. The molecule has 1 saturated heterocycles. The van der Waals surface area contributed by atoms with Gasteiger partial charge < -0.3 is 10.2 Å². The lowest BCUT2D eigenvalue weighted by molar-refractivity contribution is 0.100. The van der Waals surface area contributed by atoms with Crippen LogP contribution < -0.4 is 5.32 Å². The van der Waals surface area contributed by atoms with Crippen molar-refractivity contribution in [3.05, 3.63) is 0 Å². The van der Waals surface area contributed by atoms with E-state index < -0.39 is 0 Å². The molecule has 2 nitrogen and oxygen atoms in total. The molecule has 1 N–H and O–H groups in total. The van der Waals surface area contributed by atoms with Crippen LogP contribution >= 0.6 is 0 Å². The summed E-state index contributed by atoms with van der Waals surface area (Å²) in [5.41, 5.74) is 0.444. The maximum Gasteiger partial charge on any atom is 0.0103 e. The zero-order valence-corrected chi connectivity index (χ0v) is 15.1. The van der Waals surface area contributed by atoms with E-state index in [0.717, 1.165) is 17.9 Å². The largest absolute Gasteiger partial charge is 0.311 e. The predicted molar refractivity (Wildman–Crippen MR) is 92.6 cm³/mol. The molecule has 0 aromatic heterocycles. The molecule has 1 aliphatic carbocycles. The van der Waals surface area contributed by atoms with Gasteiger partial charge in [-0.2, -0.15) is 0 Å². The van der Waals surface area contributed by atoms with E-state index in [0.29, 0.717) is 11.5 Å². The Morgan fingerprint density at radius 3 is 2.48 bits per heavy atom. The molecule has 0 aromatic rings. The average molecular weight is 295 g/mol. The first-order chi connectivity index (χ1) is 9.91. The molecule has 0 spiro atoms. The molecule has 2 aliphatic rings. The zero-order chi connectivity index (χ0) is 15.5. The summed E-state index contributed by atoms with van der Waals surface area (Å²) >= 11 is 0. The van der Waals surface area contributed by atoms with Gasteiger partial charge in [0.1, 0.15) is 0 Å². The van der Waals surface area contributed by atoms with Crippen molar-refractivity contribution in [3.8, 4) is 0 Å². The van der Waals surface area contributed by atoms with Crippen LogP contribution in [-0.2, 0) is 0 Å². The maximum atomic E-state index is 4.06. The summed E-state index contributed by atoms with van der Waals surface area (Å²) in [7, 11) is 0. The van der Waals surface area contributed by atoms with Crippen LogP contribution in [0.3, 0.4) is 0 Å². The maximum absolute atomic E-state index is 4.06. The number of piperidine rings is 1. The Hall–Kier alpha value is -0.0800. The fourth-order valence-corrected chi connectivity index (χ4v) is 4.63. The molecule has 4 unspecified atom stereocenters. The van der Waals surface area contributed by atoms with Gasteiger partial charge >= 0.3 is 0 Å². The number of likely N-dealkylation sites (tertiary alicyclic amines) is 1. The standard InChI is InChI=1S/C19H38N2/c1-6-21-13-9-10-16(14-21)15(2)20-18-12-8-7-11-17(18)19(3,4)5/h15-18,20H,6-14H2,1-5H3. The number of hydrogen-bond acceptors (Lipinski definition) is 2. The monoisotopic (exact) mass is 294 g/mol. The number of nitrogens with one attached hydrogen (secondary N) is 1. The summed E-state index contributed by atoms with van der Waals surface area (Å²) in [6.07, 6.45) is 8.45. The second-order valence-corrected chi connectivity index (χ2v) is 8.61. The second kappa shape index (κ2) is 7.46. The van der Waals surface area contributed by atoms with Crippen molar-refractivity contribution in [1.82, 2.24) is 10.2 Å². The normalized spacial score (nSPS) is 33.9. The van der Waals surface area contributed by atoms with Crippen LogP contribution in [0.5, 0.6) is 0 Å². The lowest BCUT2D eigenvalue weighted by Crippen LogP contribution is -2.52. The zero-order valence-electron chi connectivity index (χ0n) is 15.1. The van der Waals surface area contributed by atoms with E-state index in [2.05, 4.69) is 44.8 Å². The van der Waals surface area contributed by atoms with Crippen LogP contribution in [0.1, 0.15) is 73.1 Å². The molecule has 0 radical (unpaired) electrons. The highest BCUT2D eigenvalue weighted by Gasteiger charge is 2.35. The molecular formula is C19H38N2. The first kappa shape index (κ1) is 17.3.